The second-order valence-electron chi connectivity index (χ2n) is 4.45. The monoisotopic (exact) mass is 292 g/mol. The Morgan fingerprint density at radius 2 is 2.37 bits per heavy atom. The van der Waals surface area contributed by atoms with Gasteiger partial charge in [0, 0.05) is 35.4 Å². The average molecular weight is 292 g/mol. The fraction of sp³-hybridized carbons (Fsp3) is 0.385. The first-order valence-corrected chi connectivity index (χ1v) is 8.05. The molecular weight excluding hydrogens is 276 g/mol. The molecule has 6 heteroatoms. The quantitative estimate of drug-likeness (QED) is 0.785. The molecule has 4 nitrogen and oxygen atoms in total. The van der Waals surface area contributed by atoms with Crippen molar-refractivity contribution in [2.45, 2.75) is 32.9 Å². The molecule has 19 heavy (non-hydrogen) atoms. The third-order valence-electron chi connectivity index (χ3n) is 3.02. The Hall–Kier alpha value is -1.24. The molecule has 3 aromatic heterocycles. The highest BCUT2D eigenvalue weighted by molar-refractivity contribution is 7.15. The summed E-state index contributed by atoms with van der Waals surface area (Å²) >= 11 is 3.44. The third-order valence-corrected chi connectivity index (χ3v) is 5.12. The fourth-order valence-electron chi connectivity index (χ4n) is 1.89. The van der Waals surface area contributed by atoms with Crippen LogP contribution in [0.3, 0.4) is 0 Å². The van der Waals surface area contributed by atoms with Gasteiger partial charge in [0.1, 0.15) is 5.01 Å². The van der Waals surface area contributed by atoms with Crippen molar-refractivity contribution in [1.29, 1.82) is 0 Å². The van der Waals surface area contributed by atoms with Gasteiger partial charge in [-0.25, -0.2) is 9.97 Å². The maximum atomic E-state index is 4.56. The summed E-state index contributed by atoms with van der Waals surface area (Å²) in [6.45, 7) is 5.08. The molecule has 0 aliphatic rings. The summed E-state index contributed by atoms with van der Waals surface area (Å²) in [5.41, 5.74) is 1.07. The van der Waals surface area contributed by atoms with Gasteiger partial charge >= 0.3 is 0 Å². The van der Waals surface area contributed by atoms with Crippen molar-refractivity contribution in [3.05, 3.63) is 39.5 Å². The molecule has 0 spiro atoms. The van der Waals surface area contributed by atoms with Gasteiger partial charge in [-0.05, 0) is 13.3 Å². The van der Waals surface area contributed by atoms with Gasteiger partial charge in [0.05, 0.1) is 11.7 Å². The molecule has 100 valence electrons. The summed E-state index contributed by atoms with van der Waals surface area (Å²) < 4.78 is 2.06. The third kappa shape index (κ3) is 2.70. The number of aromatic nitrogens is 3. The van der Waals surface area contributed by atoms with Crippen LogP contribution in [0.4, 0.5) is 0 Å². The first-order valence-electron chi connectivity index (χ1n) is 6.35. The number of fused-ring (bicyclic) bond motifs is 1. The minimum atomic E-state index is 0.269. The predicted octanol–water partition coefficient (Wildman–Crippen LogP) is 3.27. The molecule has 0 radical (unpaired) electrons. The second-order valence-corrected chi connectivity index (χ2v) is 6.47. The highest BCUT2D eigenvalue weighted by atomic mass is 32.1. The molecule has 0 fully saturated rings. The van der Waals surface area contributed by atoms with Crippen LogP contribution in [-0.4, -0.2) is 14.4 Å². The van der Waals surface area contributed by atoms with Gasteiger partial charge < -0.3 is 5.32 Å². The van der Waals surface area contributed by atoms with E-state index in [1.165, 1.54) is 4.88 Å². The number of hydrogen-bond acceptors (Lipinski definition) is 5. The van der Waals surface area contributed by atoms with Crippen LogP contribution in [0, 0.1) is 0 Å². The number of imidazole rings is 1. The number of nitrogens with one attached hydrogen (secondary N) is 1. The van der Waals surface area contributed by atoms with Crippen LogP contribution in [0.1, 0.15) is 35.5 Å². The van der Waals surface area contributed by atoms with Crippen molar-refractivity contribution < 1.29 is 0 Å². The number of nitrogens with zero attached hydrogens (tertiary/aromatic N) is 3. The molecule has 0 saturated heterocycles. The molecule has 3 aromatic rings. The number of hydrogen-bond donors (Lipinski definition) is 1. The van der Waals surface area contributed by atoms with E-state index in [-0.39, 0.29) is 6.04 Å². The Morgan fingerprint density at radius 1 is 1.47 bits per heavy atom. The molecule has 0 bridgehead atoms. The Labute approximate surface area is 120 Å². The molecule has 1 unspecified atom stereocenters. The molecule has 1 N–H and O–H groups in total. The molecule has 0 aliphatic carbocycles. The van der Waals surface area contributed by atoms with Gasteiger partial charge in [0.15, 0.2) is 4.96 Å². The van der Waals surface area contributed by atoms with Crippen molar-refractivity contribution in [2.24, 2.45) is 0 Å². The van der Waals surface area contributed by atoms with E-state index >= 15 is 0 Å². The van der Waals surface area contributed by atoms with E-state index in [0.717, 1.165) is 28.6 Å². The number of aryl methyl sites for hydroxylation is 1. The predicted molar refractivity (Wildman–Crippen MR) is 79.8 cm³/mol. The van der Waals surface area contributed by atoms with E-state index in [0.29, 0.717) is 0 Å². The lowest BCUT2D eigenvalue weighted by Gasteiger charge is -2.09. The highest BCUT2D eigenvalue weighted by Crippen LogP contribution is 2.20. The van der Waals surface area contributed by atoms with Gasteiger partial charge in [-0.3, -0.25) is 4.40 Å². The van der Waals surface area contributed by atoms with E-state index in [1.54, 1.807) is 22.7 Å². The highest BCUT2D eigenvalue weighted by Gasteiger charge is 2.10. The molecule has 0 aliphatic heterocycles. The van der Waals surface area contributed by atoms with Crippen LogP contribution >= 0.6 is 22.7 Å². The largest absolute Gasteiger partial charge is 0.302 e. The van der Waals surface area contributed by atoms with E-state index in [1.807, 2.05) is 17.8 Å². The summed E-state index contributed by atoms with van der Waals surface area (Å²) in [6.07, 6.45) is 7.14. The Kier molecular flexibility index (Phi) is 3.63. The van der Waals surface area contributed by atoms with Crippen molar-refractivity contribution in [3.63, 3.8) is 0 Å². The minimum absolute atomic E-state index is 0.269. The maximum absolute atomic E-state index is 4.56. The number of rotatable bonds is 5. The molecule has 0 amide bonds. The molecule has 0 saturated carbocycles. The van der Waals surface area contributed by atoms with Crippen LogP contribution in [0.5, 0.6) is 0 Å². The van der Waals surface area contributed by atoms with Gasteiger partial charge in [0.2, 0.25) is 0 Å². The maximum Gasteiger partial charge on any atom is 0.193 e. The van der Waals surface area contributed by atoms with E-state index in [2.05, 4.69) is 39.7 Å². The van der Waals surface area contributed by atoms with Crippen LogP contribution in [0.25, 0.3) is 4.96 Å². The first kappa shape index (κ1) is 12.8. The molecule has 1 atom stereocenters. The summed E-state index contributed by atoms with van der Waals surface area (Å²) in [5.74, 6) is 0. The summed E-state index contributed by atoms with van der Waals surface area (Å²) in [6, 6.07) is 0.269. The molecule has 0 aromatic carbocycles. The molecular formula is C13H16N4S2. The zero-order valence-corrected chi connectivity index (χ0v) is 12.6. The lowest BCUT2D eigenvalue weighted by Crippen LogP contribution is -2.18. The topological polar surface area (TPSA) is 42.2 Å². The number of thiazole rings is 2. The summed E-state index contributed by atoms with van der Waals surface area (Å²) in [4.78, 5) is 11.4. The van der Waals surface area contributed by atoms with E-state index in [4.69, 9.17) is 0 Å². The van der Waals surface area contributed by atoms with Gasteiger partial charge in [-0.15, -0.1) is 22.7 Å². The Morgan fingerprint density at radius 3 is 3.11 bits per heavy atom. The standard InChI is InChI=1S/C13H16N4S2/c1-3-11-7-15-12(19-11)9(2)14-6-10-8-17-4-5-18-13(17)16-10/h4-5,7-9,14H,3,6H2,1-2H3. The van der Waals surface area contributed by atoms with Crippen molar-refractivity contribution in [1.82, 2.24) is 19.7 Å². The van der Waals surface area contributed by atoms with Gasteiger partial charge in [0.25, 0.3) is 0 Å². The van der Waals surface area contributed by atoms with Crippen molar-refractivity contribution in [3.8, 4) is 0 Å². The van der Waals surface area contributed by atoms with Crippen LogP contribution < -0.4 is 5.32 Å². The van der Waals surface area contributed by atoms with Crippen molar-refractivity contribution >= 4 is 27.6 Å². The Balaban J connectivity index is 1.63. The lowest BCUT2D eigenvalue weighted by atomic mass is 10.3. The normalized spacial score (nSPS) is 13.2. The fourth-order valence-corrected chi connectivity index (χ4v) is 3.50. The Bertz CT molecular complexity index is 638. The van der Waals surface area contributed by atoms with Gasteiger partial charge in [-0.2, -0.15) is 0 Å². The molecule has 3 rings (SSSR count). The first-order chi connectivity index (χ1) is 9.26. The van der Waals surface area contributed by atoms with Crippen LogP contribution in [0.2, 0.25) is 0 Å². The SMILES string of the molecule is CCc1cnc(C(C)NCc2cn3ccsc3n2)s1. The smallest absolute Gasteiger partial charge is 0.193 e. The zero-order valence-electron chi connectivity index (χ0n) is 11.0. The minimum Gasteiger partial charge on any atom is -0.302 e. The summed E-state index contributed by atoms with van der Waals surface area (Å²) in [7, 11) is 0. The second kappa shape index (κ2) is 5.40. The van der Waals surface area contributed by atoms with Crippen LogP contribution in [-0.2, 0) is 13.0 Å². The average Bonchev–Trinajstić information content (AvgIpc) is 3.10. The van der Waals surface area contributed by atoms with Crippen molar-refractivity contribution in [2.75, 3.05) is 0 Å². The van der Waals surface area contributed by atoms with Crippen LogP contribution in [0.15, 0.2) is 24.0 Å². The summed E-state index contributed by atoms with van der Waals surface area (Å²) in [5, 5.41) is 6.68. The van der Waals surface area contributed by atoms with Gasteiger partial charge in [-0.1, -0.05) is 6.92 Å². The van der Waals surface area contributed by atoms with E-state index in [9.17, 15) is 0 Å². The van der Waals surface area contributed by atoms with E-state index < -0.39 is 0 Å². The zero-order chi connectivity index (χ0) is 13.2. The molecule has 3 heterocycles. The lowest BCUT2D eigenvalue weighted by molar-refractivity contribution is 0.566.